The number of esters is 1. The molecule has 0 aliphatic rings. The third-order valence-electron chi connectivity index (χ3n) is 4.16. The summed E-state index contributed by atoms with van der Waals surface area (Å²) < 4.78 is 45.5. The SMILES string of the molecule is CCCCOc1ccc(/C=C/C(=O)OCC(=O)Nc2ccccc2OC(F)F)cc1OCC. The van der Waals surface area contributed by atoms with E-state index in [9.17, 15) is 18.4 Å². The molecule has 0 aromatic heterocycles. The predicted molar refractivity (Wildman–Crippen MR) is 120 cm³/mol. The molecule has 0 saturated heterocycles. The molecule has 2 rings (SSSR count). The number of rotatable bonds is 13. The quantitative estimate of drug-likeness (QED) is 0.254. The Morgan fingerprint density at radius 2 is 1.82 bits per heavy atom. The molecule has 0 heterocycles. The molecule has 0 saturated carbocycles. The first-order valence-corrected chi connectivity index (χ1v) is 10.5. The molecule has 33 heavy (non-hydrogen) atoms. The van der Waals surface area contributed by atoms with Gasteiger partial charge in [0, 0.05) is 6.08 Å². The Hall–Kier alpha value is -3.62. The molecule has 2 aromatic rings. The van der Waals surface area contributed by atoms with Crippen LogP contribution in [0.4, 0.5) is 14.5 Å². The fourth-order valence-electron chi connectivity index (χ4n) is 2.65. The highest BCUT2D eigenvalue weighted by atomic mass is 19.3. The highest BCUT2D eigenvalue weighted by Crippen LogP contribution is 2.29. The molecule has 7 nitrogen and oxygen atoms in total. The van der Waals surface area contributed by atoms with Gasteiger partial charge in [0.15, 0.2) is 18.1 Å². The molecule has 0 atom stereocenters. The smallest absolute Gasteiger partial charge is 0.387 e. The highest BCUT2D eigenvalue weighted by Gasteiger charge is 2.12. The third kappa shape index (κ3) is 9.18. The van der Waals surface area contributed by atoms with Crippen LogP contribution in [0.5, 0.6) is 17.2 Å². The van der Waals surface area contributed by atoms with Gasteiger partial charge in [-0.1, -0.05) is 31.5 Å². The zero-order valence-corrected chi connectivity index (χ0v) is 18.5. The van der Waals surface area contributed by atoms with Crippen LogP contribution in [-0.2, 0) is 14.3 Å². The van der Waals surface area contributed by atoms with Crippen LogP contribution in [0.3, 0.4) is 0 Å². The average molecular weight is 463 g/mol. The lowest BCUT2D eigenvalue weighted by Gasteiger charge is -2.12. The second kappa shape index (κ2) is 13.7. The number of carbonyl (C=O) groups is 2. The number of amides is 1. The number of hydrogen-bond donors (Lipinski definition) is 1. The Labute approximate surface area is 191 Å². The Morgan fingerprint density at radius 1 is 1.03 bits per heavy atom. The first kappa shape index (κ1) is 25.6. The highest BCUT2D eigenvalue weighted by molar-refractivity contribution is 5.95. The van der Waals surface area contributed by atoms with Crippen LogP contribution in [0.2, 0.25) is 0 Å². The van der Waals surface area contributed by atoms with Crippen molar-refractivity contribution in [2.45, 2.75) is 33.3 Å². The molecule has 0 radical (unpaired) electrons. The molecule has 9 heteroatoms. The van der Waals surface area contributed by atoms with Gasteiger partial charge in [-0.25, -0.2) is 4.79 Å². The van der Waals surface area contributed by atoms with E-state index in [1.807, 2.05) is 6.92 Å². The number of halogens is 2. The van der Waals surface area contributed by atoms with Crippen LogP contribution < -0.4 is 19.5 Å². The molecule has 0 unspecified atom stereocenters. The van der Waals surface area contributed by atoms with Gasteiger partial charge in [0.1, 0.15) is 5.75 Å². The van der Waals surface area contributed by atoms with E-state index >= 15 is 0 Å². The van der Waals surface area contributed by atoms with Gasteiger partial charge in [-0.2, -0.15) is 8.78 Å². The number of anilines is 1. The van der Waals surface area contributed by atoms with Crippen molar-refractivity contribution in [3.63, 3.8) is 0 Å². The molecule has 1 amide bonds. The summed E-state index contributed by atoms with van der Waals surface area (Å²) in [6.07, 6.45) is 4.63. The van der Waals surface area contributed by atoms with Crippen molar-refractivity contribution >= 4 is 23.6 Å². The Kier molecular flexibility index (Phi) is 10.7. The minimum atomic E-state index is -3.04. The summed E-state index contributed by atoms with van der Waals surface area (Å²) in [6.45, 7) is 1.34. The first-order valence-electron chi connectivity index (χ1n) is 10.5. The maximum Gasteiger partial charge on any atom is 0.387 e. The van der Waals surface area contributed by atoms with Gasteiger partial charge in [0.05, 0.1) is 18.9 Å². The van der Waals surface area contributed by atoms with E-state index < -0.39 is 25.1 Å². The number of nitrogens with one attached hydrogen (secondary N) is 1. The standard InChI is InChI=1S/C24H27F2NO6/c1-3-5-14-31-20-12-10-17(15-21(20)30-4-2)11-13-23(29)32-16-22(28)27-18-8-6-7-9-19(18)33-24(25)26/h6-13,15,24H,3-5,14,16H2,1-2H3,(H,27,28)/b13-11+. The van der Waals surface area contributed by atoms with E-state index in [-0.39, 0.29) is 11.4 Å². The third-order valence-corrected chi connectivity index (χ3v) is 4.16. The molecule has 2 aromatic carbocycles. The molecule has 0 bridgehead atoms. The van der Waals surface area contributed by atoms with Crippen LogP contribution in [0.25, 0.3) is 6.08 Å². The second-order valence-corrected chi connectivity index (χ2v) is 6.71. The molecule has 178 valence electrons. The lowest BCUT2D eigenvalue weighted by Crippen LogP contribution is -2.20. The van der Waals surface area contributed by atoms with Crippen LogP contribution >= 0.6 is 0 Å². The van der Waals surface area contributed by atoms with Gasteiger partial charge in [-0.3, -0.25) is 4.79 Å². The lowest BCUT2D eigenvalue weighted by atomic mass is 10.2. The number of alkyl halides is 2. The molecule has 1 N–H and O–H groups in total. The number of unbranched alkanes of at least 4 members (excludes halogenated alkanes) is 1. The molecule has 0 spiro atoms. The zero-order chi connectivity index (χ0) is 24.1. The second-order valence-electron chi connectivity index (χ2n) is 6.71. The van der Waals surface area contributed by atoms with E-state index in [0.717, 1.165) is 12.8 Å². The van der Waals surface area contributed by atoms with E-state index in [1.165, 1.54) is 30.4 Å². The van der Waals surface area contributed by atoms with Crippen molar-refractivity contribution in [1.29, 1.82) is 0 Å². The summed E-state index contributed by atoms with van der Waals surface area (Å²) in [6, 6.07) is 11.0. The first-order chi connectivity index (χ1) is 15.9. The Bertz CT molecular complexity index is 948. The summed E-state index contributed by atoms with van der Waals surface area (Å²) in [5.41, 5.74) is 0.722. The normalized spacial score (nSPS) is 10.8. The number of hydrogen-bond acceptors (Lipinski definition) is 6. The van der Waals surface area contributed by atoms with E-state index in [0.29, 0.717) is 30.3 Å². The van der Waals surface area contributed by atoms with Crippen LogP contribution in [0.1, 0.15) is 32.3 Å². The van der Waals surface area contributed by atoms with Crippen molar-refractivity contribution < 1.29 is 37.3 Å². The monoisotopic (exact) mass is 463 g/mol. The van der Waals surface area contributed by atoms with Gasteiger partial charge in [0.2, 0.25) is 0 Å². The average Bonchev–Trinajstić information content (AvgIpc) is 2.79. The summed E-state index contributed by atoms with van der Waals surface area (Å²) in [4.78, 5) is 24.0. The number of benzene rings is 2. The minimum Gasteiger partial charge on any atom is -0.490 e. The van der Waals surface area contributed by atoms with Crippen LogP contribution in [0, 0.1) is 0 Å². The topological polar surface area (TPSA) is 83.1 Å². The van der Waals surface area contributed by atoms with Crippen LogP contribution in [0.15, 0.2) is 48.5 Å². The molecular weight excluding hydrogens is 436 g/mol. The van der Waals surface area contributed by atoms with E-state index in [2.05, 4.69) is 17.0 Å². The summed E-state index contributed by atoms with van der Waals surface area (Å²) in [7, 11) is 0. The zero-order valence-electron chi connectivity index (χ0n) is 18.5. The Morgan fingerprint density at radius 3 is 2.55 bits per heavy atom. The number of carbonyl (C=O) groups excluding carboxylic acids is 2. The fraction of sp³-hybridized carbons (Fsp3) is 0.333. The lowest BCUT2D eigenvalue weighted by molar-refractivity contribution is -0.142. The number of para-hydroxylation sites is 2. The maximum absolute atomic E-state index is 12.4. The van der Waals surface area contributed by atoms with Gasteiger partial charge in [0.25, 0.3) is 5.91 Å². The predicted octanol–water partition coefficient (Wildman–Crippen LogP) is 5.06. The Balaban J connectivity index is 1.90. The van der Waals surface area contributed by atoms with E-state index in [4.69, 9.17) is 14.2 Å². The van der Waals surface area contributed by atoms with Crippen molar-refractivity contribution in [3.8, 4) is 17.2 Å². The summed E-state index contributed by atoms with van der Waals surface area (Å²) in [5, 5.41) is 2.36. The van der Waals surface area contributed by atoms with Crippen molar-refractivity contribution in [2.24, 2.45) is 0 Å². The van der Waals surface area contributed by atoms with Gasteiger partial charge in [-0.15, -0.1) is 0 Å². The molecular formula is C24H27F2NO6. The molecule has 0 aliphatic carbocycles. The summed E-state index contributed by atoms with van der Waals surface area (Å²) >= 11 is 0. The van der Waals surface area contributed by atoms with Crippen molar-refractivity contribution in [3.05, 3.63) is 54.1 Å². The minimum absolute atomic E-state index is 0.0408. The largest absolute Gasteiger partial charge is 0.490 e. The van der Waals surface area contributed by atoms with Gasteiger partial charge < -0.3 is 24.3 Å². The van der Waals surface area contributed by atoms with E-state index in [1.54, 1.807) is 24.3 Å². The van der Waals surface area contributed by atoms with Gasteiger partial charge >= 0.3 is 12.6 Å². The van der Waals surface area contributed by atoms with Gasteiger partial charge in [-0.05, 0) is 49.2 Å². The van der Waals surface area contributed by atoms with Crippen molar-refractivity contribution in [2.75, 3.05) is 25.1 Å². The number of ether oxygens (including phenoxy) is 4. The summed E-state index contributed by atoms with van der Waals surface area (Å²) in [5.74, 6) is -0.456. The molecule has 0 aliphatic heterocycles. The maximum atomic E-state index is 12.4. The fourth-order valence-corrected chi connectivity index (χ4v) is 2.65. The van der Waals surface area contributed by atoms with Crippen LogP contribution in [-0.4, -0.2) is 38.3 Å². The van der Waals surface area contributed by atoms with Crippen molar-refractivity contribution in [1.82, 2.24) is 0 Å². The molecule has 0 fully saturated rings.